The summed E-state index contributed by atoms with van der Waals surface area (Å²) >= 11 is 0. The zero-order valence-electron chi connectivity index (χ0n) is 8.47. The summed E-state index contributed by atoms with van der Waals surface area (Å²) < 4.78 is 5.93. The van der Waals surface area contributed by atoms with Gasteiger partial charge >= 0.3 is 0 Å². The van der Waals surface area contributed by atoms with Crippen molar-refractivity contribution in [3.63, 3.8) is 0 Å². The maximum absolute atomic E-state index is 5.93. The van der Waals surface area contributed by atoms with E-state index in [0.29, 0.717) is 18.2 Å². The van der Waals surface area contributed by atoms with Gasteiger partial charge in [-0.25, -0.2) is 0 Å². The SMILES string of the molecule is CCC1CNC(CC)C(CC)O1. The summed E-state index contributed by atoms with van der Waals surface area (Å²) in [5.41, 5.74) is 0. The van der Waals surface area contributed by atoms with E-state index in [-0.39, 0.29) is 0 Å². The van der Waals surface area contributed by atoms with Gasteiger partial charge in [-0.15, -0.1) is 0 Å². The summed E-state index contributed by atoms with van der Waals surface area (Å²) in [5, 5.41) is 3.55. The lowest BCUT2D eigenvalue weighted by Crippen LogP contribution is -2.51. The van der Waals surface area contributed by atoms with Crippen molar-refractivity contribution in [1.29, 1.82) is 0 Å². The molecule has 0 aliphatic carbocycles. The topological polar surface area (TPSA) is 21.3 Å². The highest BCUT2D eigenvalue weighted by Gasteiger charge is 2.26. The predicted octanol–water partition coefficient (Wildman–Crippen LogP) is 1.94. The maximum atomic E-state index is 5.93. The second-order valence-corrected chi connectivity index (χ2v) is 3.54. The van der Waals surface area contributed by atoms with Crippen molar-refractivity contribution in [2.75, 3.05) is 6.54 Å². The molecule has 1 rings (SSSR count). The molecule has 0 spiro atoms. The summed E-state index contributed by atoms with van der Waals surface area (Å²) in [6, 6.07) is 0.581. The van der Waals surface area contributed by atoms with E-state index in [1.807, 2.05) is 0 Å². The average molecular weight is 171 g/mol. The molecule has 0 saturated carbocycles. The van der Waals surface area contributed by atoms with Gasteiger partial charge in [0.2, 0.25) is 0 Å². The van der Waals surface area contributed by atoms with E-state index in [1.54, 1.807) is 0 Å². The monoisotopic (exact) mass is 171 g/mol. The molecule has 1 aliphatic heterocycles. The van der Waals surface area contributed by atoms with Gasteiger partial charge in [-0.3, -0.25) is 0 Å². The fraction of sp³-hybridized carbons (Fsp3) is 1.00. The minimum absolute atomic E-state index is 0.439. The highest BCUT2D eigenvalue weighted by molar-refractivity contribution is 4.82. The third kappa shape index (κ3) is 2.20. The molecule has 1 aliphatic rings. The van der Waals surface area contributed by atoms with E-state index in [9.17, 15) is 0 Å². The van der Waals surface area contributed by atoms with E-state index in [2.05, 4.69) is 26.1 Å². The van der Waals surface area contributed by atoms with Crippen LogP contribution in [-0.4, -0.2) is 24.8 Å². The molecule has 1 saturated heterocycles. The second kappa shape index (κ2) is 4.83. The van der Waals surface area contributed by atoms with Crippen molar-refractivity contribution in [3.05, 3.63) is 0 Å². The van der Waals surface area contributed by atoms with Crippen LogP contribution in [0, 0.1) is 0 Å². The van der Waals surface area contributed by atoms with Gasteiger partial charge in [-0.05, 0) is 19.3 Å². The van der Waals surface area contributed by atoms with Gasteiger partial charge in [0.25, 0.3) is 0 Å². The van der Waals surface area contributed by atoms with Gasteiger partial charge in [-0.1, -0.05) is 20.8 Å². The van der Waals surface area contributed by atoms with Crippen LogP contribution in [0.3, 0.4) is 0 Å². The van der Waals surface area contributed by atoms with Crippen LogP contribution < -0.4 is 5.32 Å². The zero-order valence-corrected chi connectivity index (χ0v) is 8.47. The Bertz CT molecular complexity index is 127. The smallest absolute Gasteiger partial charge is 0.0729 e. The summed E-state index contributed by atoms with van der Waals surface area (Å²) in [6.07, 6.45) is 4.31. The average Bonchev–Trinajstić information content (AvgIpc) is 2.16. The van der Waals surface area contributed by atoms with Crippen molar-refractivity contribution < 1.29 is 4.74 Å². The normalized spacial score (nSPS) is 36.8. The molecule has 1 heterocycles. The highest BCUT2D eigenvalue weighted by Crippen LogP contribution is 2.16. The first kappa shape index (κ1) is 10.0. The molecule has 0 bridgehead atoms. The minimum atomic E-state index is 0.439. The van der Waals surface area contributed by atoms with E-state index >= 15 is 0 Å². The van der Waals surface area contributed by atoms with Gasteiger partial charge in [-0.2, -0.15) is 0 Å². The molecule has 0 amide bonds. The standard InChI is InChI=1S/C10H21NO/c1-4-8-7-11-9(5-2)10(6-3)12-8/h8-11H,4-7H2,1-3H3. The quantitative estimate of drug-likeness (QED) is 0.700. The second-order valence-electron chi connectivity index (χ2n) is 3.54. The Morgan fingerprint density at radius 3 is 2.42 bits per heavy atom. The van der Waals surface area contributed by atoms with Gasteiger partial charge in [0.1, 0.15) is 0 Å². The number of nitrogens with one attached hydrogen (secondary N) is 1. The predicted molar refractivity (Wildman–Crippen MR) is 51.3 cm³/mol. The summed E-state index contributed by atoms with van der Waals surface area (Å²) in [7, 11) is 0. The summed E-state index contributed by atoms with van der Waals surface area (Å²) in [4.78, 5) is 0. The first-order valence-electron chi connectivity index (χ1n) is 5.20. The van der Waals surface area contributed by atoms with Crippen LogP contribution in [0.25, 0.3) is 0 Å². The van der Waals surface area contributed by atoms with Crippen LogP contribution >= 0.6 is 0 Å². The van der Waals surface area contributed by atoms with E-state index < -0.39 is 0 Å². The molecule has 0 aromatic rings. The lowest BCUT2D eigenvalue weighted by Gasteiger charge is -2.36. The largest absolute Gasteiger partial charge is 0.372 e. The summed E-state index contributed by atoms with van der Waals surface area (Å²) in [6.45, 7) is 7.64. The fourth-order valence-corrected chi connectivity index (χ4v) is 1.83. The van der Waals surface area contributed by atoms with Crippen molar-refractivity contribution in [2.24, 2.45) is 0 Å². The lowest BCUT2D eigenvalue weighted by molar-refractivity contribution is -0.0656. The first-order chi connectivity index (χ1) is 5.81. The van der Waals surface area contributed by atoms with E-state index in [0.717, 1.165) is 19.4 Å². The Hall–Kier alpha value is -0.0800. The molecule has 1 N–H and O–H groups in total. The molecular weight excluding hydrogens is 150 g/mol. The van der Waals surface area contributed by atoms with Crippen LogP contribution in [0.2, 0.25) is 0 Å². The molecule has 0 aromatic heterocycles. The van der Waals surface area contributed by atoms with E-state index in [4.69, 9.17) is 4.74 Å². The molecule has 3 unspecified atom stereocenters. The Morgan fingerprint density at radius 1 is 1.17 bits per heavy atom. The van der Waals surface area contributed by atoms with E-state index in [1.165, 1.54) is 6.42 Å². The molecule has 1 fully saturated rings. The third-order valence-electron chi connectivity index (χ3n) is 2.72. The Kier molecular flexibility index (Phi) is 4.02. The molecule has 12 heavy (non-hydrogen) atoms. The number of hydrogen-bond donors (Lipinski definition) is 1. The number of rotatable bonds is 3. The molecule has 3 atom stereocenters. The minimum Gasteiger partial charge on any atom is -0.372 e. The fourth-order valence-electron chi connectivity index (χ4n) is 1.83. The van der Waals surface area contributed by atoms with Crippen LogP contribution in [0.1, 0.15) is 40.0 Å². The Morgan fingerprint density at radius 2 is 1.92 bits per heavy atom. The van der Waals surface area contributed by atoms with Crippen LogP contribution in [0.15, 0.2) is 0 Å². The number of morpholine rings is 1. The van der Waals surface area contributed by atoms with Gasteiger partial charge in [0.05, 0.1) is 12.2 Å². The molecule has 2 heteroatoms. The highest BCUT2D eigenvalue weighted by atomic mass is 16.5. The van der Waals surface area contributed by atoms with Gasteiger partial charge in [0, 0.05) is 12.6 Å². The van der Waals surface area contributed by atoms with Gasteiger partial charge in [0.15, 0.2) is 0 Å². The molecule has 0 radical (unpaired) electrons. The first-order valence-corrected chi connectivity index (χ1v) is 5.20. The third-order valence-corrected chi connectivity index (χ3v) is 2.72. The lowest BCUT2D eigenvalue weighted by atomic mass is 10.0. The van der Waals surface area contributed by atoms with Crippen molar-refractivity contribution in [1.82, 2.24) is 5.32 Å². The zero-order chi connectivity index (χ0) is 8.97. The van der Waals surface area contributed by atoms with Crippen molar-refractivity contribution in [2.45, 2.75) is 58.3 Å². The molecule has 72 valence electrons. The molecule has 2 nitrogen and oxygen atoms in total. The maximum Gasteiger partial charge on any atom is 0.0729 e. The van der Waals surface area contributed by atoms with Crippen molar-refractivity contribution >= 4 is 0 Å². The van der Waals surface area contributed by atoms with Crippen molar-refractivity contribution in [3.8, 4) is 0 Å². The van der Waals surface area contributed by atoms with Crippen LogP contribution in [0.4, 0.5) is 0 Å². The Labute approximate surface area is 75.7 Å². The van der Waals surface area contributed by atoms with Gasteiger partial charge < -0.3 is 10.1 Å². The summed E-state index contributed by atoms with van der Waals surface area (Å²) in [5.74, 6) is 0. The molecule has 0 aromatic carbocycles. The Balaban J connectivity index is 2.41. The number of hydrogen-bond acceptors (Lipinski definition) is 2. The molecular formula is C10H21NO. The van der Waals surface area contributed by atoms with Crippen LogP contribution in [0.5, 0.6) is 0 Å². The van der Waals surface area contributed by atoms with Crippen LogP contribution in [-0.2, 0) is 4.74 Å². The number of ether oxygens (including phenoxy) is 1.